The van der Waals surface area contributed by atoms with Crippen molar-refractivity contribution < 1.29 is 18.0 Å². The number of nitrogens with one attached hydrogen (secondary N) is 2. The summed E-state index contributed by atoms with van der Waals surface area (Å²) < 4.78 is 38.1. The number of amides is 2. The molecule has 0 bridgehead atoms. The van der Waals surface area contributed by atoms with Gasteiger partial charge in [0, 0.05) is 18.1 Å². The average Bonchev–Trinajstić information content (AvgIpc) is 2.76. The average molecular weight is 306 g/mol. The van der Waals surface area contributed by atoms with Gasteiger partial charge in [-0.1, -0.05) is 11.6 Å². The maximum Gasteiger partial charge on any atom is 0.417 e. The van der Waals surface area contributed by atoms with Crippen LogP contribution in [-0.2, 0) is 6.18 Å². The number of hydrogen-bond acceptors (Lipinski definition) is 2. The lowest BCUT2D eigenvalue weighted by molar-refractivity contribution is -0.137. The van der Waals surface area contributed by atoms with Crippen molar-refractivity contribution in [3.63, 3.8) is 0 Å². The predicted octanol–water partition coefficient (Wildman–Crippen LogP) is 3.61. The molecule has 2 N–H and O–H groups in total. The molecule has 0 saturated heterocycles. The molecule has 0 aliphatic carbocycles. The van der Waals surface area contributed by atoms with Gasteiger partial charge in [-0.3, -0.25) is 4.90 Å². The van der Waals surface area contributed by atoms with Crippen LogP contribution < -0.4 is 10.6 Å². The summed E-state index contributed by atoms with van der Waals surface area (Å²) in [6.07, 6.45) is -1.75. The zero-order chi connectivity index (χ0) is 14.9. The summed E-state index contributed by atoms with van der Waals surface area (Å²) in [5.41, 5.74) is -0.959. The van der Waals surface area contributed by atoms with Crippen LogP contribution in [0.5, 0.6) is 0 Å². The first-order valence-corrected chi connectivity index (χ1v) is 6.05. The highest BCUT2D eigenvalue weighted by Gasteiger charge is 2.33. The van der Waals surface area contributed by atoms with Gasteiger partial charge in [0.2, 0.25) is 0 Å². The van der Waals surface area contributed by atoms with Gasteiger partial charge in [0.25, 0.3) is 0 Å². The van der Waals surface area contributed by atoms with Crippen LogP contribution in [0.3, 0.4) is 0 Å². The second kappa shape index (κ2) is 5.24. The number of anilines is 1. The number of benzene rings is 1. The van der Waals surface area contributed by atoms with E-state index in [9.17, 15) is 18.0 Å². The molecule has 1 heterocycles. The van der Waals surface area contributed by atoms with Crippen LogP contribution in [0, 0.1) is 0 Å². The van der Waals surface area contributed by atoms with E-state index in [0.29, 0.717) is 0 Å². The van der Waals surface area contributed by atoms with Crippen molar-refractivity contribution in [3.8, 4) is 0 Å². The molecule has 20 heavy (non-hydrogen) atoms. The molecule has 0 radical (unpaired) electrons. The number of rotatable bonds is 1. The summed E-state index contributed by atoms with van der Waals surface area (Å²) in [6.45, 7) is 1.74. The summed E-state index contributed by atoms with van der Waals surface area (Å²) in [5, 5.41) is 4.84. The standard InChI is InChI=1S/C12H11ClF3N3O/c1-7-17-4-5-19(7)11(20)18-8-2-3-10(13)9(6-8)12(14,15)16/h2-7,17H,1H3,(H,18,20). The lowest BCUT2D eigenvalue weighted by Crippen LogP contribution is -2.39. The summed E-state index contributed by atoms with van der Waals surface area (Å²) in [7, 11) is 0. The van der Waals surface area contributed by atoms with E-state index >= 15 is 0 Å². The third-order valence-corrected chi connectivity index (χ3v) is 3.08. The molecule has 1 aromatic carbocycles. The van der Waals surface area contributed by atoms with E-state index in [2.05, 4.69) is 10.6 Å². The van der Waals surface area contributed by atoms with Crippen LogP contribution in [0.25, 0.3) is 0 Å². The molecule has 0 fully saturated rings. The van der Waals surface area contributed by atoms with E-state index in [0.717, 1.165) is 12.1 Å². The Morgan fingerprint density at radius 2 is 2.15 bits per heavy atom. The summed E-state index contributed by atoms with van der Waals surface area (Å²) >= 11 is 5.50. The molecule has 1 aromatic rings. The van der Waals surface area contributed by atoms with Crippen LogP contribution in [0.4, 0.5) is 23.7 Å². The quantitative estimate of drug-likeness (QED) is 0.832. The second-order valence-corrected chi connectivity index (χ2v) is 4.60. The molecule has 8 heteroatoms. The summed E-state index contributed by atoms with van der Waals surface area (Å²) in [5.74, 6) is 0. The predicted molar refractivity (Wildman–Crippen MR) is 69.0 cm³/mol. The zero-order valence-electron chi connectivity index (χ0n) is 10.3. The maximum atomic E-state index is 12.7. The van der Waals surface area contributed by atoms with E-state index in [1.165, 1.54) is 17.2 Å². The van der Waals surface area contributed by atoms with Gasteiger partial charge < -0.3 is 10.6 Å². The Morgan fingerprint density at radius 1 is 1.45 bits per heavy atom. The smallest absolute Gasteiger partial charge is 0.370 e. The van der Waals surface area contributed by atoms with Gasteiger partial charge in [0.1, 0.15) is 6.17 Å². The fourth-order valence-corrected chi connectivity index (χ4v) is 1.95. The number of urea groups is 1. The number of carbonyl (C=O) groups is 1. The number of hydrogen-bond donors (Lipinski definition) is 2. The van der Waals surface area contributed by atoms with Crippen LogP contribution in [-0.4, -0.2) is 17.1 Å². The Morgan fingerprint density at radius 3 is 2.70 bits per heavy atom. The van der Waals surface area contributed by atoms with Crippen LogP contribution in [0.2, 0.25) is 5.02 Å². The molecular weight excluding hydrogens is 295 g/mol. The highest BCUT2D eigenvalue weighted by Crippen LogP contribution is 2.36. The van der Waals surface area contributed by atoms with Crippen molar-refractivity contribution in [3.05, 3.63) is 41.2 Å². The fourth-order valence-electron chi connectivity index (χ4n) is 1.72. The fraction of sp³-hybridized carbons (Fsp3) is 0.250. The lowest BCUT2D eigenvalue weighted by Gasteiger charge is -2.21. The van der Waals surface area contributed by atoms with Crippen molar-refractivity contribution in [1.29, 1.82) is 0 Å². The minimum absolute atomic E-state index is 0.0271. The Labute approximate surface area is 118 Å². The van der Waals surface area contributed by atoms with Gasteiger partial charge in [-0.15, -0.1) is 0 Å². The van der Waals surface area contributed by atoms with E-state index in [-0.39, 0.29) is 11.9 Å². The molecule has 1 unspecified atom stereocenters. The molecule has 1 aliphatic heterocycles. The van der Waals surface area contributed by atoms with E-state index in [1.807, 2.05) is 0 Å². The number of carbonyl (C=O) groups excluding carboxylic acids is 1. The van der Waals surface area contributed by atoms with Gasteiger partial charge in [0.05, 0.1) is 10.6 Å². The second-order valence-electron chi connectivity index (χ2n) is 4.19. The lowest BCUT2D eigenvalue weighted by atomic mass is 10.2. The summed E-state index contributed by atoms with van der Waals surface area (Å²) in [4.78, 5) is 13.2. The van der Waals surface area contributed by atoms with Crippen molar-refractivity contribution in [2.45, 2.75) is 19.3 Å². The molecule has 1 aliphatic rings. The molecule has 108 valence electrons. The Kier molecular flexibility index (Phi) is 3.80. The first-order valence-electron chi connectivity index (χ1n) is 5.68. The topological polar surface area (TPSA) is 44.4 Å². The molecule has 4 nitrogen and oxygen atoms in total. The first kappa shape index (κ1) is 14.5. The zero-order valence-corrected chi connectivity index (χ0v) is 11.1. The third-order valence-electron chi connectivity index (χ3n) is 2.75. The third kappa shape index (κ3) is 2.98. The Hall–Kier alpha value is -1.89. The molecule has 0 spiro atoms. The highest BCUT2D eigenvalue weighted by molar-refractivity contribution is 6.31. The molecule has 0 saturated carbocycles. The minimum atomic E-state index is -4.57. The molecule has 1 atom stereocenters. The highest BCUT2D eigenvalue weighted by atomic mass is 35.5. The van der Waals surface area contributed by atoms with Gasteiger partial charge in [-0.05, 0) is 25.1 Å². The number of halogens is 4. The minimum Gasteiger partial charge on any atom is -0.370 e. The SMILES string of the molecule is CC1NC=CN1C(=O)Nc1ccc(Cl)c(C(F)(F)F)c1. The van der Waals surface area contributed by atoms with Gasteiger partial charge >= 0.3 is 12.2 Å². The normalized spacial score (nSPS) is 18.1. The Balaban J connectivity index is 2.18. The van der Waals surface area contributed by atoms with Gasteiger partial charge in [-0.2, -0.15) is 13.2 Å². The summed E-state index contributed by atoms with van der Waals surface area (Å²) in [6, 6.07) is 2.68. The Bertz CT molecular complexity index is 559. The molecule has 2 amide bonds. The molecule has 2 rings (SSSR count). The maximum absolute atomic E-state index is 12.7. The van der Waals surface area contributed by atoms with Crippen LogP contribution >= 0.6 is 11.6 Å². The van der Waals surface area contributed by atoms with Crippen molar-refractivity contribution >= 4 is 23.3 Å². The van der Waals surface area contributed by atoms with E-state index < -0.39 is 22.8 Å². The molecule has 0 aromatic heterocycles. The van der Waals surface area contributed by atoms with Crippen molar-refractivity contribution in [2.75, 3.05) is 5.32 Å². The van der Waals surface area contributed by atoms with E-state index in [1.54, 1.807) is 13.1 Å². The van der Waals surface area contributed by atoms with Gasteiger partial charge in [-0.25, -0.2) is 4.79 Å². The van der Waals surface area contributed by atoms with E-state index in [4.69, 9.17) is 11.6 Å². The van der Waals surface area contributed by atoms with Crippen molar-refractivity contribution in [1.82, 2.24) is 10.2 Å². The largest absolute Gasteiger partial charge is 0.417 e. The number of alkyl halides is 3. The van der Waals surface area contributed by atoms with Gasteiger partial charge in [0.15, 0.2) is 0 Å². The van der Waals surface area contributed by atoms with Crippen molar-refractivity contribution in [2.24, 2.45) is 0 Å². The first-order chi connectivity index (χ1) is 9.29. The van der Waals surface area contributed by atoms with Crippen LogP contribution in [0.15, 0.2) is 30.6 Å². The number of nitrogens with zero attached hydrogens (tertiary/aromatic N) is 1. The molecular formula is C12H11ClF3N3O. The van der Waals surface area contributed by atoms with Crippen LogP contribution in [0.1, 0.15) is 12.5 Å². The monoisotopic (exact) mass is 305 g/mol.